The Morgan fingerprint density at radius 1 is 1.05 bits per heavy atom. The van der Waals surface area contributed by atoms with Crippen molar-refractivity contribution in [3.05, 3.63) is 18.2 Å². The molecule has 0 aliphatic rings. The van der Waals surface area contributed by atoms with Crippen molar-refractivity contribution < 1.29 is 24.3 Å². The number of aromatic amines is 1. The van der Waals surface area contributed by atoms with E-state index in [9.17, 15) is 24.3 Å². The van der Waals surface area contributed by atoms with Crippen LogP contribution in [0.3, 0.4) is 0 Å². The molecular weight excluding hydrogens is 482 g/mol. The van der Waals surface area contributed by atoms with E-state index in [2.05, 4.69) is 30.9 Å². The maximum Gasteiger partial charge on any atom is 0.326 e. The number of guanidine groups is 1. The number of aliphatic imine (C=N–C) groups is 1. The first kappa shape index (κ1) is 31.4. The second kappa shape index (κ2) is 15.4. The molecule has 1 heterocycles. The summed E-state index contributed by atoms with van der Waals surface area (Å²) in [7, 11) is 0. The van der Waals surface area contributed by atoms with Crippen LogP contribution in [-0.2, 0) is 25.6 Å². The number of carbonyl (C=O) groups excluding carboxylic acids is 3. The van der Waals surface area contributed by atoms with E-state index in [1.54, 1.807) is 27.0 Å². The zero-order valence-corrected chi connectivity index (χ0v) is 21.9. The van der Waals surface area contributed by atoms with Crippen LogP contribution in [0.2, 0.25) is 0 Å². The third-order valence-electron chi connectivity index (χ3n) is 5.93. The molecule has 5 atom stereocenters. The SMILES string of the molecule is CCC(C)C(NC(=O)C(CCCN=C(N)N)NC(=O)C(N)Cc1cnc[nH]1)C(=O)NC(C(=O)O)C(C)C. The van der Waals surface area contributed by atoms with E-state index in [4.69, 9.17) is 17.2 Å². The monoisotopic (exact) mass is 523 g/mol. The fourth-order valence-electron chi connectivity index (χ4n) is 3.49. The fraction of sp³-hybridized carbons (Fsp3) is 0.652. The van der Waals surface area contributed by atoms with Gasteiger partial charge in [0.05, 0.1) is 12.4 Å². The highest BCUT2D eigenvalue weighted by molar-refractivity contribution is 5.94. The number of carboxylic acids is 1. The number of nitrogens with zero attached hydrogens (tertiary/aromatic N) is 2. The summed E-state index contributed by atoms with van der Waals surface area (Å²) >= 11 is 0. The minimum atomic E-state index is -1.17. The molecule has 0 saturated carbocycles. The van der Waals surface area contributed by atoms with E-state index in [-0.39, 0.29) is 37.2 Å². The molecule has 1 aromatic heterocycles. The predicted octanol–water partition coefficient (Wildman–Crippen LogP) is -1.43. The Bertz CT molecular complexity index is 916. The Labute approximate surface area is 216 Å². The Kier molecular flexibility index (Phi) is 13.1. The third kappa shape index (κ3) is 10.9. The van der Waals surface area contributed by atoms with Crippen molar-refractivity contribution in [2.24, 2.45) is 34.0 Å². The summed E-state index contributed by atoms with van der Waals surface area (Å²) in [6, 6.07) is -4.13. The summed E-state index contributed by atoms with van der Waals surface area (Å²) < 4.78 is 0. The molecule has 14 heteroatoms. The number of H-pyrrole nitrogens is 1. The molecule has 0 spiro atoms. The van der Waals surface area contributed by atoms with Gasteiger partial charge in [0.1, 0.15) is 18.1 Å². The summed E-state index contributed by atoms with van der Waals surface area (Å²) in [5, 5.41) is 17.3. The van der Waals surface area contributed by atoms with Gasteiger partial charge in [0.2, 0.25) is 17.7 Å². The quantitative estimate of drug-likeness (QED) is 0.0718. The summed E-state index contributed by atoms with van der Waals surface area (Å²) in [4.78, 5) is 61.3. The average molecular weight is 524 g/mol. The molecule has 3 amide bonds. The molecule has 1 aromatic rings. The molecule has 1 rings (SSSR count). The van der Waals surface area contributed by atoms with Crippen molar-refractivity contribution in [3.63, 3.8) is 0 Å². The zero-order valence-electron chi connectivity index (χ0n) is 21.9. The molecule has 0 aromatic carbocycles. The van der Waals surface area contributed by atoms with E-state index in [1.165, 1.54) is 6.33 Å². The van der Waals surface area contributed by atoms with Crippen LogP contribution in [0.25, 0.3) is 0 Å². The number of amides is 3. The van der Waals surface area contributed by atoms with Crippen molar-refractivity contribution in [2.45, 2.75) is 77.5 Å². The maximum atomic E-state index is 13.3. The first-order valence-corrected chi connectivity index (χ1v) is 12.3. The Morgan fingerprint density at radius 2 is 1.70 bits per heavy atom. The molecular formula is C23H41N9O5. The summed E-state index contributed by atoms with van der Waals surface area (Å²) in [6.07, 6.45) is 4.26. The van der Waals surface area contributed by atoms with Crippen LogP contribution in [0.1, 0.15) is 52.7 Å². The number of carbonyl (C=O) groups is 4. The van der Waals surface area contributed by atoms with Crippen LogP contribution in [0.15, 0.2) is 17.5 Å². The van der Waals surface area contributed by atoms with Gasteiger partial charge in [0, 0.05) is 24.9 Å². The molecule has 0 fully saturated rings. The Hall–Kier alpha value is -3.68. The van der Waals surface area contributed by atoms with E-state index < -0.39 is 47.9 Å². The summed E-state index contributed by atoms with van der Waals surface area (Å²) in [5.74, 6) is -3.74. The number of rotatable bonds is 16. The lowest BCUT2D eigenvalue weighted by Gasteiger charge is -2.28. The van der Waals surface area contributed by atoms with E-state index in [0.29, 0.717) is 18.5 Å². The number of imidazole rings is 1. The molecule has 37 heavy (non-hydrogen) atoms. The van der Waals surface area contributed by atoms with E-state index in [1.807, 2.05) is 6.92 Å². The van der Waals surface area contributed by atoms with Gasteiger partial charge >= 0.3 is 5.97 Å². The number of nitrogens with one attached hydrogen (secondary N) is 4. The van der Waals surface area contributed by atoms with Crippen LogP contribution in [0.4, 0.5) is 0 Å². The van der Waals surface area contributed by atoms with Crippen LogP contribution >= 0.6 is 0 Å². The standard InChI is InChI=1S/C23H41N9O5/c1-5-13(4)18(21(35)31-17(12(2)3)22(36)37)32-20(34)16(7-6-8-28-23(25)26)30-19(33)15(24)9-14-10-27-11-29-14/h10-13,15-18H,5-9,24H2,1-4H3,(H,27,29)(H,30,33)(H,31,35)(H,32,34)(H,36,37)(H4,25,26,28). The van der Waals surface area contributed by atoms with Crippen molar-refractivity contribution in [3.8, 4) is 0 Å². The first-order valence-electron chi connectivity index (χ1n) is 12.3. The highest BCUT2D eigenvalue weighted by atomic mass is 16.4. The molecule has 5 unspecified atom stereocenters. The van der Waals surface area contributed by atoms with Gasteiger partial charge in [0.15, 0.2) is 5.96 Å². The molecule has 0 bridgehead atoms. The van der Waals surface area contributed by atoms with Crippen molar-refractivity contribution in [1.29, 1.82) is 0 Å². The normalized spacial score (nSPS) is 15.1. The third-order valence-corrected chi connectivity index (χ3v) is 5.93. The van der Waals surface area contributed by atoms with Crippen LogP contribution in [0, 0.1) is 11.8 Å². The molecule has 0 saturated heterocycles. The van der Waals surface area contributed by atoms with Gasteiger partial charge in [0.25, 0.3) is 0 Å². The van der Waals surface area contributed by atoms with Gasteiger partial charge in [-0.15, -0.1) is 0 Å². The van der Waals surface area contributed by atoms with Gasteiger partial charge in [-0.2, -0.15) is 0 Å². The van der Waals surface area contributed by atoms with Gasteiger partial charge in [-0.1, -0.05) is 34.1 Å². The summed E-state index contributed by atoms with van der Waals surface area (Å²) in [6.45, 7) is 7.18. The summed E-state index contributed by atoms with van der Waals surface area (Å²) in [5.41, 5.74) is 17.4. The predicted molar refractivity (Wildman–Crippen MR) is 138 cm³/mol. The van der Waals surface area contributed by atoms with Crippen LogP contribution < -0.4 is 33.2 Å². The second-order valence-corrected chi connectivity index (χ2v) is 9.34. The number of hydrogen-bond donors (Lipinski definition) is 8. The highest BCUT2D eigenvalue weighted by Crippen LogP contribution is 2.12. The lowest BCUT2D eigenvalue weighted by Crippen LogP contribution is -2.59. The van der Waals surface area contributed by atoms with E-state index in [0.717, 1.165) is 0 Å². The smallest absolute Gasteiger partial charge is 0.326 e. The van der Waals surface area contributed by atoms with Gasteiger partial charge in [-0.3, -0.25) is 19.4 Å². The van der Waals surface area contributed by atoms with E-state index >= 15 is 0 Å². The molecule has 0 aliphatic carbocycles. The minimum Gasteiger partial charge on any atom is -0.480 e. The number of nitrogens with two attached hydrogens (primary N) is 3. The molecule has 0 aliphatic heterocycles. The molecule has 208 valence electrons. The van der Waals surface area contributed by atoms with Gasteiger partial charge in [-0.05, 0) is 24.7 Å². The number of aromatic nitrogens is 2. The number of hydrogen-bond acceptors (Lipinski definition) is 7. The average Bonchev–Trinajstić information content (AvgIpc) is 3.34. The van der Waals surface area contributed by atoms with Crippen molar-refractivity contribution >= 4 is 29.7 Å². The first-order chi connectivity index (χ1) is 17.4. The van der Waals surface area contributed by atoms with Crippen molar-refractivity contribution in [2.75, 3.05) is 6.54 Å². The minimum absolute atomic E-state index is 0.0988. The Morgan fingerprint density at radius 3 is 2.22 bits per heavy atom. The lowest BCUT2D eigenvalue weighted by molar-refractivity contribution is -0.144. The Balaban J connectivity index is 3.03. The molecule has 11 N–H and O–H groups in total. The highest BCUT2D eigenvalue weighted by Gasteiger charge is 2.33. The molecule has 0 radical (unpaired) electrons. The number of carboxylic acid groups (broad SMARTS) is 1. The zero-order chi connectivity index (χ0) is 28.1. The molecule has 14 nitrogen and oxygen atoms in total. The fourth-order valence-corrected chi connectivity index (χ4v) is 3.49. The number of aliphatic carboxylic acids is 1. The van der Waals surface area contributed by atoms with Gasteiger partial charge < -0.3 is 43.2 Å². The largest absolute Gasteiger partial charge is 0.480 e. The maximum absolute atomic E-state index is 13.3. The van der Waals surface area contributed by atoms with Crippen molar-refractivity contribution in [1.82, 2.24) is 25.9 Å². The van der Waals surface area contributed by atoms with Gasteiger partial charge in [-0.25, -0.2) is 9.78 Å². The lowest BCUT2D eigenvalue weighted by atomic mass is 9.96. The van der Waals surface area contributed by atoms with Crippen LogP contribution in [-0.4, -0.2) is 75.4 Å². The topological polar surface area (TPSA) is 244 Å². The second-order valence-electron chi connectivity index (χ2n) is 9.34. The van der Waals surface area contributed by atoms with Crippen LogP contribution in [0.5, 0.6) is 0 Å².